The van der Waals surface area contributed by atoms with E-state index in [0.717, 1.165) is 11.8 Å². The van der Waals surface area contributed by atoms with Crippen molar-refractivity contribution in [3.05, 3.63) is 14.9 Å². The number of unbranched alkanes of at least 4 members (excludes halogenated alkanes) is 8. The molecule has 3 heteroatoms. The summed E-state index contributed by atoms with van der Waals surface area (Å²) in [7, 11) is 9.87. The molecule has 29 heavy (non-hydrogen) atoms. The first-order valence-electron chi connectivity index (χ1n) is 12.2. The molecule has 2 fully saturated rings. The average Bonchev–Trinajstić information content (AvgIpc) is 3.37. The van der Waals surface area contributed by atoms with Gasteiger partial charge in [0.05, 0.1) is 0 Å². The van der Waals surface area contributed by atoms with Gasteiger partial charge in [0.1, 0.15) is 0 Å². The van der Waals surface area contributed by atoms with Crippen molar-refractivity contribution in [1.29, 1.82) is 0 Å². The Hall–Kier alpha value is 1.46. The molecule has 0 unspecified atom stereocenters. The van der Waals surface area contributed by atoms with E-state index in [1.54, 1.807) is 0 Å². The molecule has 0 atom stereocenters. The van der Waals surface area contributed by atoms with E-state index in [9.17, 15) is 0 Å². The monoisotopic (exact) mass is 526 g/mol. The van der Waals surface area contributed by atoms with Gasteiger partial charge in [-0.1, -0.05) is 142 Å². The summed E-state index contributed by atoms with van der Waals surface area (Å²) in [6.45, 7) is 4.58. The Bertz CT molecular complexity index is 235. The maximum absolute atomic E-state index is 4.93. The predicted octanol–water partition coefficient (Wildman–Crippen LogP) is 11.4. The van der Waals surface area contributed by atoms with Crippen LogP contribution >= 0.6 is 17.0 Å². The maximum atomic E-state index is 4.93. The van der Waals surface area contributed by atoms with Gasteiger partial charge in [0.2, 0.25) is 0 Å². The Kier molecular flexibility index (Phi) is 35.6. The standard InChI is InChI=1S/2C12H24.2CH3.2ClH.Zr/c2*1-2-3-4-5-6-9-12-10-7-8-11-12;;;;;/h2*12H,2-11H2,1H3;2*1H3;2*1H;/q;;2*-1;;;+4/p-2. The first-order valence-corrected chi connectivity index (χ1v) is 18.6. The number of rotatable bonds is 12. The molecule has 0 N–H and O–H groups in total. The minimum atomic E-state index is -0.826. The van der Waals surface area contributed by atoms with Crippen LogP contribution in [0, 0.1) is 26.7 Å². The SMILES string of the molecule is CCCCCCCC1CCCC1.CCCCCCCC1CCCC1.[CH3-].[CH3-].[Cl][Zr+2][Cl]. The van der Waals surface area contributed by atoms with Crippen LogP contribution in [0.1, 0.15) is 142 Å². The summed E-state index contributed by atoms with van der Waals surface area (Å²) in [6, 6.07) is 0. The molecule has 0 heterocycles. The molecule has 2 aliphatic carbocycles. The van der Waals surface area contributed by atoms with Gasteiger partial charge >= 0.3 is 37.9 Å². The molecule has 176 valence electrons. The van der Waals surface area contributed by atoms with Crippen LogP contribution < -0.4 is 0 Å². The first kappa shape index (κ1) is 35.1. The Balaban J connectivity index is -0.000000387. The molecule has 0 aliphatic heterocycles. The van der Waals surface area contributed by atoms with E-state index < -0.39 is 20.8 Å². The number of hydrogen-bond donors (Lipinski definition) is 0. The van der Waals surface area contributed by atoms with Crippen LogP contribution in [0.15, 0.2) is 0 Å². The van der Waals surface area contributed by atoms with E-state index in [0.29, 0.717) is 0 Å². The van der Waals surface area contributed by atoms with Gasteiger partial charge in [0.25, 0.3) is 0 Å². The molecule has 0 aromatic rings. The predicted molar refractivity (Wildman–Crippen MR) is 135 cm³/mol. The van der Waals surface area contributed by atoms with Crippen molar-refractivity contribution in [3.63, 3.8) is 0 Å². The van der Waals surface area contributed by atoms with Crippen molar-refractivity contribution in [2.24, 2.45) is 11.8 Å². The third-order valence-electron chi connectivity index (χ3n) is 6.38. The Morgan fingerprint density at radius 2 is 0.828 bits per heavy atom. The van der Waals surface area contributed by atoms with Gasteiger partial charge in [-0.3, -0.25) is 0 Å². The van der Waals surface area contributed by atoms with Gasteiger partial charge in [-0.2, -0.15) is 0 Å². The minimum absolute atomic E-state index is 0. The van der Waals surface area contributed by atoms with E-state index in [2.05, 4.69) is 13.8 Å². The molecule has 0 nitrogen and oxygen atoms in total. The molecular weight excluding hydrogens is 474 g/mol. The second kappa shape index (κ2) is 29.5. The van der Waals surface area contributed by atoms with Crippen molar-refractivity contribution < 1.29 is 20.8 Å². The molecule has 0 amide bonds. The summed E-state index contributed by atoms with van der Waals surface area (Å²) in [5.41, 5.74) is 0. The van der Waals surface area contributed by atoms with Crippen molar-refractivity contribution in [3.8, 4) is 0 Å². The van der Waals surface area contributed by atoms with Crippen LogP contribution in [0.2, 0.25) is 0 Å². The molecule has 2 aliphatic rings. The zero-order valence-corrected chi connectivity index (χ0v) is 24.5. The molecule has 0 aromatic carbocycles. The molecular formula is C26H54Cl2Zr. The third-order valence-corrected chi connectivity index (χ3v) is 6.38. The van der Waals surface area contributed by atoms with Crippen LogP contribution in [0.3, 0.4) is 0 Å². The molecule has 0 aromatic heterocycles. The van der Waals surface area contributed by atoms with Crippen molar-refractivity contribution in [2.75, 3.05) is 0 Å². The summed E-state index contributed by atoms with van der Waals surface area (Å²) in [5, 5.41) is 0. The van der Waals surface area contributed by atoms with E-state index in [-0.39, 0.29) is 14.9 Å². The van der Waals surface area contributed by atoms with E-state index in [4.69, 9.17) is 17.0 Å². The van der Waals surface area contributed by atoms with Crippen LogP contribution in [0.5, 0.6) is 0 Å². The van der Waals surface area contributed by atoms with Gasteiger partial charge in [0, 0.05) is 0 Å². The molecule has 0 bridgehead atoms. The van der Waals surface area contributed by atoms with Crippen molar-refractivity contribution in [2.45, 2.75) is 142 Å². The fraction of sp³-hybridized carbons (Fsp3) is 0.923. The second-order valence-corrected chi connectivity index (χ2v) is 12.5. The topological polar surface area (TPSA) is 0 Å². The van der Waals surface area contributed by atoms with E-state index >= 15 is 0 Å². The summed E-state index contributed by atoms with van der Waals surface area (Å²) < 4.78 is 0. The molecule has 2 rings (SSSR count). The normalized spacial score (nSPS) is 15.9. The summed E-state index contributed by atoms with van der Waals surface area (Å²) in [6.07, 6.45) is 29.9. The van der Waals surface area contributed by atoms with Crippen LogP contribution in [0.4, 0.5) is 0 Å². The van der Waals surface area contributed by atoms with Crippen LogP contribution in [-0.2, 0) is 20.8 Å². The van der Waals surface area contributed by atoms with Gasteiger partial charge in [-0.25, -0.2) is 0 Å². The van der Waals surface area contributed by atoms with E-state index in [1.165, 1.54) is 128 Å². The van der Waals surface area contributed by atoms with Gasteiger partial charge in [-0.05, 0) is 11.8 Å². The molecule has 0 radical (unpaired) electrons. The second-order valence-electron chi connectivity index (χ2n) is 8.78. The number of hydrogen-bond acceptors (Lipinski definition) is 0. The quantitative estimate of drug-likeness (QED) is 0.174. The van der Waals surface area contributed by atoms with Gasteiger partial charge in [0.15, 0.2) is 0 Å². The summed E-state index contributed by atoms with van der Waals surface area (Å²) in [5.74, 6) is 2.23. The Morgan fingerprint density at radius 1 is 0.552 bits per heavy atom. The zero-order valence-electron chi connectivity index (χ0n) is 20.6. The van der Waals surface area contributed by atoms with Gasteiger partial charge < -0.3 is 14.9 Å². The van der Waals surface area contributed by atoms with Crippen LogP contribution in [0.25, 0.3) is 0 Å². The molecule has 0 spiro atoms. The summed E-state index contributed by atoms with van der Waals surface area (Å²) in [4.78, 5) is 0. The summed E-state index contributed by atoms with van der Waals surface area (Å²) >= 11 is -0.826. The Labute approximate surface area is 205 Å². The fourth-order valence-corrected chi connectivity index (χ4v) is 4.67. The van der Waals surface area contributed by atoms with Crippen LogP contribution in [-0.4, -0.2) is 0 Å². The van der Waals surface area contributed by atoms with Crippen molar-refractivity contribution in [1.82, 2.24) is 0 Å². The zero-order chi connectivity index (χ0) is 20.0. The average molecular weight is 529 g/mol. The van der Waals surface area contributed by atoms with Gasteiger partial charge in [-0.15, -0.1) is 0 Å². The van der Waals surface area contributed by atoms with Crippen molar-refractivity contribution >= 4 is 17.0 Å². The molecule has 2 saturated carbocycles. The molecule has 0 saturated heterocycles. The van der Waals surface area contributed by atoms with E-state index in [1.807, 2.05) is 0 Å². The Morgan fingerprint density at radius 3 is 1.10 bits per heavy atom. The first-order chi connectivity index (χ1) is 13.3. The third kappa shape index (κ3) is 25.6. The fourth-order valence-electron chi connectivity index (χ4n) is 4.67. The number of halogens is 2.